The highest BCUT2D eigenvalue weighted by atomic mass is 19.4. The quantitative estimate of drug-likeness (QED) is 0.296. The predicted octanol–water partition coefficient (Wildman–Crippen LogP) is 6.07. The predicted molar refractivity (Wildman–Crippen MR) is 149 cm³/mol. The Morgan fingerprint density at radius 2 is 1.90 bits per heavy atom. The SMILES string of the molecule is Cc1nc2ccc(-n3ncc(C(=O)C4=Cc5cc(C6CCN(C(C)C)CC6)c(C(F)(F)F)cc5C4)c3N)cc2[nH]1. The van der Waals surface area contributed by atoms with Gasteiger partial charge in [0, 0.05) is 18.0 Å². The fraction of sp³-hybridized carbons (Fsp3) is 0.367. The fourth-order valence-electron chi connectivity index (χ4n) is 6.03. The normalized spacial score (nSPS) is 16.6. The highest BCUT2D eigenvalue weighted by Gasteiger charge is 2.38. The first-order valence-corrected chi connectivity index (χ1v) is 13.5. The van der Waals surface area contributed by atoms with Crippen LogP contribution in [0.2, 0.25) is 0 Å². The van der Waals surface area contributed by atoms with Crippen LogP contribution in [-0.2, 0) is 12.6 Å². The summed E-state index contributed by atoms with van der Waals surface area (Å²) in [5.41, 5.74) is 10.2. The Labute approximate surface area is 229 Å². The number of nitrogens with one attached hydrogen (secondary N) is 1. The summed E-state index contributed by atoms with van der Waals surface area (Å²) in [6, 6.07) is 8.77. The molecular weight excluding hydrogens is 517 g/mol. The van der Waals surface area contributed by atoms with Crippen LogP contribution < -0.4 is 5.73 Å². The van der Waals surface area contributed by atoms with Crippen LogP contribution in [0.1, 0.15) is 71.0 Å². The smallest absolute Gasteiger partial charge is 0.383 e. The number of carbonyl (C=O) groups excluding carboxylic acids is 1. The molecule has 7 nitrogen and oxygen atoms in total. The van der Waals surface area contributed by atoms with Crippen LogP contribution in [0.15, 0.2) is 42.1 Å². The third-order valence-corrected chi connectivity index (χ3v) is 8.20. The Morgan fingerprint density at radius 1 is 1.15 bits per heavy atom. The fourth-order valence-corrected chi connectivity index (χ4v) is 6.03. The second kappa shape index (κ2) is 9.62. The van der Waals surface area contributed by atoms with E-state index in [0.29, 0.717) is 46.8 Å². The molecule has 1 fully saturated rings. The second-order valence-electron chi connectivity index (χ2n) is 11.1. The van der Waals surface area contributed by atoms with E-state index in [9.17, 15) is 18.0 Å². The standard InChI is InChI=1S/C30H31F3N6O/c1-16(2)38-8-6-18(7-9-38)23-12-19-10-21(11-20(19)13-25(23)30(31,32)33)28(40)24-15-35-39(29(24)34)22-4-5-26-27(14-22)37-17(3)36-26/h4-5,10,12-16,18H,6-9,11,34H2,1-3H3,(H,36,37). The van der Waals surface area contributed by atoms with E-state index in [1.807, 2.05) is 25.1 Å². The number of ketones is 1. The molecule has 0 bridgehead atoms. The highest BCUT2D eigenvalue weighted by Crippen LogP contribution is 2.43. The van der Waals surface area contributed by atoms with Gasteiger partial charge in [0.1, 0.15) is 11.6 Å². The van der Waals surface area contributed by atoms with Crippen molar-refractivity contribution in [3.8, 4) is 5.69 Å². The van der Waals surface area contributed by atoms with E-state index in [0.717, 1.165) is 29.9 Å². The second-order valence-corrected chi connectivity index (χ2v) is 11.1. The highest BCUT2D eigenvalue weighted by molar-refractivity contribution is 6.15. The van der Waals surface area contributed by atoms with E-state index >= 15 is 0 Å². The number of Topliss-reactive ketones (excluding diaryl/α,β-unsaturated/α-hetero) is 1. The average Bonchev–Trinajstić information content (AvgIpc) is 3.61. The zero-order valence-corrected chi connectivity index (χ0v) is 22.6. The number of alkyl halides is 3. The van der Waals surface area contributed by atoms with Gasteiger partial charge < -0.3 is 15.6 Å². The first kappa shape index (κ1) is 26.3. The van der Waals surface area contributed by atoms with Gasteiger partial charge >= 0.3 is 6.18 Å². The number of rotatable bonds is 5. The molecule has 3 heterocycles. The number of allylic oxidation sites excluding steroid dienone is 1. The van der Waals surface area contributed by atoms with Crippen LogP contribution in [0.5, 0.6) is 0 Å². The molecule has 2 aromatic heterocycles. The maximum Gasteiger partial charge on any atom is 0.416 e. The topological polar surface area (TPSA) is 92.8 Å². The van der Waals surface area contributed by atoms with Crippen molar-refractivity contribution in [2.24, 2.45) is 0 Å². The number of halogens is 3. The van der Waals surface area contributed by atoms with Crippen molar-refractivity contribution in [2.45, 2.75) is 58.2 Å². The summed E-state index contributed by atoms with van der Waals surface area (Å²) in [4.78, 5) is 23.4. The largest absolute Gasteiger partial charge is 0.416 e. The molecule has 0 saturated carbocycles. The number of nitrogens with zero attached hydrogens (tertiary/aromatic N) is 4. The van der Waals surface area contributed by atoms with E-state index in [1.165, 1.54) is 16.9 Å². The van der Waals surface area contributed by atoms with Crippen LogP contribution in [0, 0.1) is 6.92 Å². The molecular formula is C30H31F3N6O. The van der Waals surface area contributed by atoms with Crippen LogP contribution in [0.4, 0.5) is 19.0 Å². The molecule has 6 rings (SSSR count). The number of piperidine rings is 1. The molecule has 2 aromatic carbocycles. The number of imidazole rings is 1. The summed E-state index contributed by atoms with van der Waals surface area (Å²) in [6.07, 6.45) is 0.129. The molecule has 0 spiro atoms. The number of anilines is 1. The minimum absolute atomic E-state index is 0.118. The zero-order chi connectivity index (χ0) is 28.3. The third-order valence-electron chi connectivity index (χ3n) is 8.20. The van der Waals surface area contributed by atoms with Crippen LogP contribution in [-0.4, -0.2) is 49.6 Å². The molecule has 4 aromatic rings. The van der Waals surface area contributed by atoms with E-state index < -0.39 is 11.7 Å². The van der Waals surface area contributed by atoms with Gasteiger partial charge in [-0.25, -0.2) is 9.67 Å². The number of nitrogens with two attached hydrogens (primary N) is 1. The third kappa shape index (κ3) is 4.60. The number of fused-ring (bicyclic) bond motifs is 2. The van der Waals surface area contributed by atoms with E-state index in [-0.39, 0.29) is 29.5 Å². The molecule has 2 aliphatic rings. The molecule has 0 atom stereocenters. The van der Waals surface area contributed by atoms with Crippen molar-refractivity contribution in [3.63, 3.8) is 0 Å². The van der Waals surface area contributed by atoms with Crippen LogP contribution >= 0.6 is 0 Å². The zero-order valence-electron chi connectivity index (χ0n) is 22.6. The van der Waals surface area contributed by atoms with Gasteiger partial charge in [0.25, 0.3) is 0 Å². The Balaban J connectivity index is 1.29. The molecule has 0 amide bonds. The van der Waals surface area contributed by atoms with Crippen molar-refractivity contribution >= 4 is 28.7 Å². The van der Waals surface area contributed by atoms with Crippen molar-refractivity contribution < 1.29 is 18.0 Å². The molecule has 0 radical (unpaired) electrons. The minimum atomic E-state index is -4.47. The number of likely N-dealkylation sites (tertiary alicyclic amines) is 1. The lowest BCUT2D eigenvalue weighted by Crippen LogP contribution is -2.38. The number of H-pyrrole nitrogens is 1. The van der Waals surface area contributed by atoms with Crippen LogP contribution in [0.3, 0.4) is 0 Å². The van der Waals surface area contributed by atoms with Gasteiger partial charge in [-0.2, -0.15) is 18.3 Å². The number of hydrogen-bond acceptors (Lipinski definition) is 5. The van der Waals surface area contributed by atoms with Crippen molar-refractivity contribution in [1.82, 2.24) is 24.6 Å². The van der Waals surface area contributed by atoms with E-state index in [1.54, 1.807) is 12.1 Å². The lowest BCUT2D eigenvalue weighted by molar-refractivity contribution is -0.138. The Bertz CT molecular complexity index is 1650. The lowest BCUT2D eigenvalue weighted by atomic mass is 9.84. The summed E-state index contributed by atoms with van der Waals surface area (Å²) in [5, 5.41) is 4.34. The summed E-state index contributed by atoms with van der Waals surface area (Å²) in [5.74, 6) is 0.446. The summed E-state index contributed by atoms with van der Waals surface area (Å²) in [7, 11) is 0. The van der Waals surface area contributed by atoms with Gasteiger partial charge in [-0.05, 0) is 99.7 Å². The van der Waals surface area contributed by atoms with Gasteiger partial charge in [-0.3, -0.25) is 4.79 Å². The molecule has 208 valence electrons. The molecule has 10 heteroatoms. The average molecular weight is 549 g/mol. The Morgan fingerprint density at radius 3 is 2.60 bits per heavy atom. The molecule has 1 aliphatic heterocycles. The van der Waals surface area contributed by atoms with Gasteiger partial charge in [-0.1, -0.05) is 6.07 Å². The maximum absolute atomic E-state index is 14.2. The first-order chi connectivity index (χ1) is 19.0. The number of nitrogen functional groups attached to an aromatic ring is 1. The number of carbonyl (C=O) groups is 1. The molecule has 1 aliphatic carbocycles. The number of hydrogen-bond donors (Lipinski definition) is 2. The van der Waals surface area contributed by atoms with E-state index in [2.05, 4.69) is 33.8 Å². The van der Waals surface area contributed by atoms with Crippen LogP contribution in [0.25, 0.3) is 22.8 Å². The molecule has 0 unspecified atom stereocenters. The Hall–Kier alpha value is -3.92. The minimum Gasteiger partial charge on any atom is -0.383 e. The van der Waals surface area contributed by atoms with Gasteiger partial charge in [0.15, 0.2) is 5.78 Å². The number of aryl methyl sites for hydroxylation is 1. The van der Waals surface area contributed by atoms with Crippen molar-refractivity contribution in [1.29, 1.82) is 0 Å². The lowest BCUT2D eigenvalue weighted by Gasteiger charge is -2.35. The number of aromatic nitrogens is 4. The van der Waals surface area contributed by atoms with Crippen molar-refractivity contribution in [3.05, 3.63) is 75.7 Å². The first-order valence-electron chi connectivity index (χ1n) is 13.5. The van der Waals surface area contributed by atoms with Gasteiger partial charge in [-0.15, -0.1) is 0 Å². The number of benzene rings is 2. The summed E-state index contributed by atoms with van der Waals surface area (Å²) < 4.78 is 44.0. The van der Waals surface area contributed by atoms with Gasteiger partial charge in [0.05, 0.1) is 34.0 Å². The maximum atomic E-state index is 14.2. The van der Waals surface area contributed by atoms with Gasteiger partial charge in [0.2, 0.25) is 0 Å². The van der Waals surface area contributed by atoms with Crippen molar-refractivity contribution in [2.75, 3.05) is 18.8 Å². The molecule has 1 saturated heterocycles. The van der Waals surface area contributed by atoms with E-state index in [4.69, 9.17) is 5.73 Å². The summed E-state index contributed by atoms with van der Waals surface area (Å²) >= 11 is 0. The Kier molecular flexibility index (Phi) is 6.33. The monoisotopic (exact) mass is 548 g/mol. The number of aromatic amines is 1. The summed E-state index contributed by atoms with van der Waals surface area (Å²) in [6.45, 7) is 7.62. The molecule has 40 heavy (non-hydrogen) atoms. The molecule has 3 N–H and O–H groups in total.